The van der Waals surface area contributed by atoms with Crippen molar-refractivity contribution in [1.29, 1.82) is 0 Å². The molecule has 0 atom stereocenters. The molecule has 0 saturated heterocycles. The van der Waals surface area contributed by atoms with Crippen molar-refractivity contribution in [3.05, 3.63) is 22.5 Å². The van der Waals surface area contributed by atoms with Crippen LogP contribution in [0.2, 0.25) is 0 Å². The van der Waals surface area contributed by atoms with E-state index in [0.29, 0.717) is 17.0 Å². The van der Waals surface area contributed by atoms with Crippen molar-refractivity contribution in [3.63, 3.8) is 0 Å². The number of imidazole rings is 1. The molecule has 0 bridgehead atoms. The number of rotatable bonds is 2. The minimum atomic E-state index is -0.159. The summed E-state index contributed by atoms with van der Waals surface area (Å²) in [5, 5.41) is 0. The molecule has 0 unspecified atom stereocenters. The second-order valence-electron chi connectivity index (χ2n) is 4.52. The van der Waals surface area contributed by atoms with Gasteiger partial charge in [-0.3, -0.25) is 4.79 Å². The van der Waals surface area contributed by atoms with E-state index in [2.05, 4.69) is 15.0 Å². The van der Waals surface area contributed by atoms with Gasteiger partial charge in [0, 0.05) is 12.0 Å². The quantitative estimate of drug-likeness (QED) is 0.839. The van der Waals surface area contributed by atoms with Crippen LogP contribution in [0.25, 0.3) is 11.2 Å². The maximum absolute atomic E-state index is 11.8. The van der Waals surface area contributed by atoms with E-state index in [1.165, 1.54) is 0 Å². The summed E-state index contributed by atoms with van der Waals surface area (Å²) in [6.07, 6.45) is 1.67. The zero-order chi connectivity index (χ0) is 11.9. The van der Waals surface area contributed by atoms with Gasteiger partial charge in [-0.25, -0.2) is 9.97 Å². The first-order valence-corrected chi connectivity index (χ1v) is 5.47. The first-order valence-electron chi connectivity index (χ1n) is 5.47. The molecule has 5 nitrogen and oxygen atoms in total. The van der Waals surface area contributed by atoms with E-state index in [-0.39, 0.29) is 17.5 Å². The maximum Gasteiger partial charge on any atom is 0.279 e. The van der Waals surface area contributed by atoms with E-state index >= 15 is 0 Å². The lowest BCUT2D eigenvalue weighted by Crippen LogP contribution is -2.14. The molecule has 0 spiro atoms. The minimum Gasteiger partial charge on any atom is -0.313 e. The van der Waals surface area contributed by atoms with Crippen LogP contribution in [0.1, 0.15) is 45.5 Å². The maximum atomic E-state index is 11.8. The standard InChI is InChI=1S/C11H16N4O/c1-6(2)9-13-10-8(11(16)14-9)12-5-15(10)7(3)4/h5-7H,1-4H3,(H,13,14,16). The topological polar surface area (TPSA) is 63.6 Å². The van der Waals surface area contributed by atoms with Gasteiger partial charge in [0.25, 0.3) is 5.56 Å². The molecule has 2 aromatic rings. The third kappa shape index (κ3) is 1.62. The summed E-state index contributed by atoms with van der Waals surface area (Å²) >= 11 is 0. The highest BCUT2D eigenvalue weighted by molar-refractivity contribution is 5.69. The average Bonchev–Trinajstić information content (AvgIpc) is 2.61. The Bertz CT molecular complexity index is 565. The summed E-state index contributed by atoms with van der Waals surface area (Å²) in [7, 11) is 0. The Morgan fingerprint density at radius 1 is 1.31 bits per heavy atom. The van der Waals surface area contributed by atoms with Gasteiger partial charge in [-0.2, -0.15) is 0 Å². The highest BCUT2D eigenvalue weighted by Gasteiger charge is 2.13. The molecule has 0 fully saturated rings. The fourth-order valence-electron chi connectivity index (χ4n) is 1.59. The molecule has 2 aromatic heterocycles. The first-order chi connectivity index (χ1) is 7.50. The molecule has 2 heterocycles. The summed E-state index contributed by atoms with van der Waals surface area (Å²) in [5.41, 5.74) is 0.925. The van der Waals surface area contributed by atoms with E-state index in [1.54, 1.807) is 6.33 Å². The molecule has 1 N–H and O–H groups in total. The van der Waals surface area contributed by atoms with Crippen LogP contribution >= 0.6 is 0 Å². The number of nitrogens with zero attached hydrogens (tertiary/aromatic N) is 3. The third-order valence-corrected chi connectivity index (χ3v) is 2.55. The number of nitrogens with one attached hydrogen (secondary N) is 1. The van der Waals surface area contributed by atoms with Crippen molar-refractivity contribution in [2.75, 3.05) is 0 Å². The first kappa shape index (κ1) is 10.9. The summed E-state index contributed by atoms with van der Waals surface area (Å²) < 4.78 is 1.91. The van der Waals surface area contributed by atoms with Crippen LogP contribution in [-0.4, -0.2) is 19.5 Å². The summed E-state index contributed by atoms with van der Waals surface area (Å²) in [6, 6.07) is 0.249. The zero-order valence-corrected chi connectivity index (χ0v) is 9.98. The van der Waals surface area contributed by atoms with E-state index in [4.69, 9.17) is 0 Å². The number of aromatic amines is 1. The zero-order valence-electron chi connectivity index (χ0n) is 9.98. The SMILES string of the molecule is CC(C)c1nc2c(ncn2C(C)C)c(=O)[nH]1. The Hall–Kier alpha value is -1.65. The fraction of sp³-hybridized carbons (Fsp3) is 0.545. The predicted octanol–water partition coefficient (Wildman–Crippen LogP) is 1.82. The van der Waals surface area contributed by atoms with Crippen molar-refractivity contribution in [3.8, 4) is 0 Å². The lowest BCUT2D eigenvalue weighted by atomic mass is 10.2. The molecule has 2 rings (SSSR count). The Labute approximate surface area is 93.5 Å². The Morgan fingerprint density at radius 3 is 2.56 bits per heavy atom. The molecule has 16 heavy (non-hydrogen) atoms. The van der Waals surface area contributed by atoms with Crippen molar-refractivity contribution in [2.45, 2.75) is 39.7 Å². The monoisotopic (exact) mass is 220 g/mol. The molecule has 0 aliphatic carbocycles. The van der Waals surface area contributed by atoms with Crippen molar-refractivity contribution in [2.24, 2.45) is 0 Å². The fourth-order valence-corrected chi connectivity index (χ4v) is 1.59. The molecule has 86 valence electrons. The second kappa shape index (κ2) is 3.73. The van der Waals surface area contributed by atoms with Gasteiger partial charge < -0.3 is 9.55 Å². The molecule has 5 heteroatoms. The van der Waals surface area contributed by atoms with Gasteiger partial charge in [-0.15, -0.1) is 0 Å². The lowest BCUT2D eigenvalue weighted by molar-refractivity contribution is 0.610. The number of hydrogen-bond donors (Lipinski definition) is 1. The lowest BCUT2D eigenvalue weighted by Gasteiger charge is -2.08. The molecule has 0 aliphatic rings. The normalized spacial score (nSPS) is 11.9. The molecule has 0 aromatic carbocycles. The number of H-pyrrole nitrogens is 1. The number of fused-ring (bicyclic) bond motifs is 1. The van der Waals surface area contributed by atoms with Crippen LogP contribution in [0.5, 0.6) is 0 Å². The van der Waals surface area contributed by atoms with Gasteiger partial charge in [0.05, 0.1) is 6.33 Å². The van der Waals surface area contributed by atoms with E-state index < -0.39 is 0 Å². The molecule has 0 saturated carbocycles. The van der Waals surface area contributed by atoms with Crippen molar-refractivity contribution in [1.82, 2.24) is 19.5 Å². The minimum absolute atomic E-state index is 0.159. The van der Waals surface area contributed by atoms with Gasteiger partial charge in [0.15, 0.2) is 11.2 Å². The number of aromatic nitrogens is 4. The highest BCUT2D eigenvalue weighted by Crippen LogP contribution is 2.14. The average molecular weight is 220 g/mol. The summed E-state index contributed by atoms with van der Waals surface area (Å²) in [5.74, 6) is 0.910. The van der Waals surface area contributed by atoms with E-state index in [1.807, 2.05) is 32.3 Å². The van der Waals surface area contributed by atoms with E-state index in [9.17, 15) is 4.79 Å². The molecule has 0 aliphatic heterocycles. The van der Waals surface area contributed by atoms with Gasteiger partial charge in [-0.05, 0) is 13.8 Å². The van der Waals surface area contributed by atoms with Crippen LogP contribution in [0.15, 0.2) is 11.1 Å². The largest absolute Gasteiger partial charge is 0.313 e. The second-order valence-corrected chi connectivity index (χ2v) is 4.52. The van der Waals surface area contributed by atoms with Crippen molar-refractivity contribution >= 4 is 11.2 Å². The van der Waals surface area contributed by atoms with Crippen LogP contribution in [0.4, 0.5) is 0 Å². The molecule has 0 radical (unpaired) electrons. The number of hydrogen-bond acceptors (Lipinski definition) is 3. The summed E-state index contributed by atoms with van der Waals surface area (Å²) in [4.78, 5) is 23.1. The predicted molar refractivity (Wildman–Crippen MR) is 62.6 cm³/mol. The van der Waals surface area contributed by atoms with E-state index in [0.717, 1.165) is 0 Å². The Balaban J connectivity index is 2.76. The summed E-state index contributed by atoms with van der Waals surface area (Å²) in [6.45, 7) is 8.08. The highest BCUT2D eigenvalue weighted by atomic mass is 16.1. The Morgan fingerprint density at radius 2 is 2.00 bits per heavy atom. The molecule has 0 amide bonds. The van der Waals surface area contributed by atoms with Gasteiger partial charge in [0.2, 0.25) is 0 Å². The smallest absolute Gasteiger partial charge is 0.279 e. The van der Waals surface area contributed by atoms with Crippen LogP contribution in [0.3, 0.4) is 0 Å². The third-order valence-electron chi connectivity index (χ3n) is 2.55. The van der Waals surface area contributed by atoms with Gasteiger partial charge >= 0.3 is 0 Å². The van der Waals surface area contributed by atoms with Crippen molar-refractivity contribution < 1.29 is 0 Å². The van der Waals surface area contributed by atoms with Gasteiger partial charge in [-0.1, -0.05) is 13.8 Å². The van der Waals surface area contributed by atoms with Crippen LogP contribution in [-0.2, 0) is 0 Å². The van der Waals surface area contributed by atoms with Gasteiger partial charge in [0.1, 0.15) is 5.82 Å². The van der Waals surface area contributed by atoms with Crippen LogP contribution < -0.4 is 5.56 Å². The molecular weight excluding hydrogens is 204 g/mol. The van der Waals surface area contributed by atoms with Crippen LogP contribution in [0, 0.1) is 0 Å². The molecular formula is C11H16N4O. The Kier molecular flexibility index (Phi) is 2.53.